The van der Waals surface area contributed by atoms with Crippen LogP contribution in [-0.2, 0) is 6.61 Å². The van der Waals surface area contributed by atoms with Gasteiger partial charge in [-0.25, -0.2) is 0 Å². The van der Waals surface area contributed by atoms with Crippen LogP contribution in [0.15, 0.2) is 34.8 Å². The molecule has 2 rings (SSSR count). The molecule has 0 aliphatic rings. The fourth-order valence-corrected chi connectivity index (χ4v) is 2.50. The number of rotatable bonds is 3. The van der Waals surface area contributed by atoms with Gasteiger partial charge in [0.25, 0.3) is 0 Å². The number of aliphatic hydroxyl groups excluding tert-OH is 1. The molecular weight excluding hydrogens is 374 g/mol. The second-order valence-corrected chi connectivity index (χ2v) is 5.81. The first kappa shape index (κ1) is 14.9. The highest BCUT2D eigenvalue weighted by Crippen LogP contribution is 2.37. The van der Waals surface area contributed by atoms with E-state index in [0.717, 1.165) is 0 Å². The topological polar surface area (TPSA) is 29.5 Å². The van der Waals surface area contributed by atoms with Crippen molar-refractivity contribution in [3.8, 4) is 11.5 Å². The smallest absolute Gasteiger partial charge is 0.147 e. The van der Waals surface area contributed by atoms with Gasteiger partial charge in [-0.3, -0.25) is 0 Å². The molecular formula is C13H8BrCl3O2. The molecule has 0 aromatic heterocycles. The Morgan fingerprint density at radius 1 is 1.00 bits per heavy atom. The number of hydrogen-bond donors (Lipinski definition) is 1. The van der Waals surface area contributed by atoms with E-state index in [1.54, 1.807) is 30.3 Å². The predicted molar refractivity (Wildman–Crippen MR) is 81.6 cm³/mol. The number of hydrogen-bond acceptors (Lipinski definition) is 2. The lowest BCUT2D eigenvalue weighted by molar-refractivity contribution is 0.276. The Morgan fingerprint density at radius 2 is 1.74 bits per heavy atom. The van der Waals surface area contributed by atoms with Gasteiger partial charge in [0, 0.05) is 21.1 Å². The van der Waals surface area contributed by atoms with Crippen molar-refractivity contribution in [2.45, 2.75) is 6.61 Å². The first-order valence-electron chi connectivity index (χ1n) is 5.23. The molecule has 0 spiro atoms. The van der Waals surface area contributed by atoms with Crippen LogP contribution in [0.4, 0.5) is 0 Å². The molecule has 0 radical (unpaired) electrons. The first-order chi connectivity index (χ1) is 9.01. The molecule has 0 saturated carbocycles. The maximum Gasteiger partial charge on any atom is 0.147 e. The van der Waals surface area contributed by atoms with Crippen LogP contribution in [-0.4, -0.2) is 5.11 Å². The van der Waals surface area contributed by atoms with Crippen molar-refractivity contribution >= 4 is 50.7 Å². The molecule has 0 fully saturated rings. The Hall–Kier alpha value is -0.450. The summed E-state index contributed by atoms with van der Waals surface area (Å²) in [6, 6.07) is 8.22. The van der Waals surface area contributed by atoms with Crippen molar-refractivity contribution in [1.29, 1.82) is 0 Å². The van der Waals surface area contributed by atoms with Gasteiger partial charge in [0.05, 0.1) is 16.7 Å². The molecule has 2 aromatic carbocycles. The molecule has 0 saturated heterocycles. The predicted octanol–water partition coefficient (Wildman–Crippen LogP) is 5.69. The van der Waals surface area contributed by atoms with E-state index in [-0.39, 0.29) is 6.61 Å². The molecule has 0 aliphatic carbocycles. The van der Waals surface area contributed by atoms with Crippen LogP contribution in [0.3, 0.4) is 0 Å². The zero-order chi connectivity index (χ0) is 14.0. The van der Waals surface area contributed by atoms with E-state index in [9.17, 15) is 5.11 Å². The minimum absolute atomic E-state index is 0.183. The fourth-order valence-electron chi connectivity index (χ4n) is 1.47. The van der Waals surface area contributed by atoms with Crippen LogP contribution in [0.25, 0.3) is 0 Å². The number of aliphatic hydroxyl groups is 1. The van der Waals surface area contributed by atoms with E-state index in [1.807, 2.05) is 0 Å². The molecule has 2 aromatic rings. The third-order valence-electron chi connectivity index (χ3n) is 2.39. The SMILES string of the molecule is OCc1cc(Cl)ccc1Oc1cc(Cl)c(Br)cc1Cl. The second-order valence-electron chi connectivity index (χ2n) is 3.71. The quantitative estimate of drug-likeness (QED) is 0.691. The highest BCUT2D eigenvalue weighted by Gasteiger charge is 2.10. The van der Waals surface area contributed by atoms with Crippen molar-refractivity contribution in [3.63, 3.8) is 0 Å². The lowest BCUT2D eigenvalue weighted by Gasteiger charge is -2.12. The summed E-state index contributed by atoms with van der Waals surface area (Å²) >= 11 is 21.2. The molecule has 19 heavy (non-hydrogen) atoms. The number of halogens is 4. The minimum Gasteiger partial charge on any atom is -0.455 e. The van der Waals surface area contributed by atoms with Crippen LogP contribution >= 0.6 is 50.7 Å². The summed E-state index contributed by atoms with van der Waals surface area (Å²) in [6.45, 7) is -0.183. The van der Waals surface area contributed by atoms with Crippen molar-refractivity contribution < 1.29 is 9.84 Å². The third kappa shape index (κ3) is 3.56. The largest absolute Gasteiger partial charge is 0.455 e. The molecule has 6 heteroatoms. The van der Waals surface area contributed by atoms with Crippen LogP contribution in [0.2, 0.25) is 15.1 Å². The van der Waals surface area contributed by atoms with Crippen LogP contribution < -0.4 is 4.74 Å². The average molecular weight is 382 g/mol. The van der Waals surface area contributed by atoms with E-state index in [1.165, 1.54) is 0 Å². The van der Waals surface area contributed by atoms with Crippen molar-refractivity contribution in [2.75, 3.05) is 0 Å². The van der Waals surface area contributed by atoms with Crippen molar-refractivity contribution in [3.05, 3.63) is 55.4 Å². The standard InChI is InChI=1S/C13H8BrCl3O2/c14-9-4-11(17)13(5-10(9)16)19-12-2-1-8(15)3-7(12)6-18/h1-5,18H,6H2. The van der Waals surface area contributed by atoms with E-state index in [4.69, 9.17) is 39.5 Å². The molecule has 0 atom stereocenters. The third-order valence-corrected chi connectivity index (χ3v) is 4.12. The summed E-state index contributed by atoms with van der Waals surface area (Å²) < 4.78 is 6.35. The highest BCUT2D eigenvalue weighted by molar-refractivity contribution is 9.10. The lowest BCUT2D eigenvalue weighted by Crippen LogP contribution is -1.92. The zero-order valence-electron chi connectivity index (χ0n) is 9.46. The van der Waals surface area contributed by atoms with Gasteiger partial charge in [-0.05, 0) is 40.2 Å². The molecule has 0 amide bonds. The van der Waals surface area contributed by atoms with Gasteiger partial charge in [-0.2, -0.15) is 0 Å². The van der Waals surface area contributed by atoms with E-state index >= 15 is 0 Å². The second kappa shape index (κ2) is 6.33. The molecule has 0 bridgehead atoms. The monoisotopic (exact) mass is 380 g/mol. The summed E-state index contributed by atoms with van der Waals surface area (Å²) in [5.41, 5.74) is 0.572. The van der Waals surface area contributed by atoms with E-state index in [2.05, 4.69) is 15.9 Å². The normalized spacial score (nSPS) is 10.6. The molecule has 0 heterocycles. The van der Waals surface area contributed by atoms with Gasteiger partial charge in [0.15, 0.2) is 0 Å². The van der Waals surface area contributed by atoms with E-state index in [0.29, 0.717) is 36.6 Å². The van der Waals surface area contributed by atoms with E-state index < -0.39 is 0 Å². The summed E-state index contributed by atoms with van der Waals surface area (Å²) in [4.78, 5) is 0. The first-order valence-corrected chi connectivity index (χ1v) is 7.15. The fraction of sp³-hybridized carbons (Fsp3) is 0.0769. The molecule has 0 unspecified atom stereocenters. The Bertz CT molecular complexity index is 617. The zero-order valence-corrected chi connectivity index (χ0v) is 13.3. The number of benzene rings is 2. The minimum atomic E-state index is -0.183. The van der Waals surface area contributed by atoms with Crippen LogP contribution in [0.1, 0.15) is 5.56 Å². The summed E-state index contributed by atoms with van der Waals surface area (Å²) in [5.74, 6) is 0.888. The van der Waals surface area contributed by atoms with Gasteiger partial charge in [0.1, 0.15) is 11.5 Å². The number of ether oxygens (including phenoxy) is 1. The molecule has 1 N–H and O–H groups in total. The average Bonchev–Trinajstić information content (AvgIpc) is 2.37. The van der Waals surface area contributed by atoms with Crippen LogP contribution in [0, 0.1) is 0 Å². The lowest BCUT2D eigenvalue weighted by atomic mass is 10.2. The molecule has 2 nitrogen and oxygen atoms in total. The maximum absolute atomic E-state index is 9.28. The molecule has 0 aliphatic heterocycles. The summed E-state index contributed by atoms with van der Waals surface area (Å²) in [6.07, 6.45) is 0. The van der Waals surface area contributed by atoms with Gasteiger partial charge in [-0.1, -0.05) is 34.8 Å². The Balaban J connectivity index is 2.39. The Labute approximate surface area is 134 Å². The van der Waals surface area contributed by atoms with Gasteiger partial charge in [0.2, 0.25) is 0 Å². The van der Waals surface area contributed by atoms with Gasteiger partial charge >= 0.3 is 0 Å². The molecule has 100 valence electrons. The summed E-state index contributed by atoms with van der Waals surface area (Å²) in [5, 5.41) is 10.7. The van der Waals surface area contributed by atoms with Crippen molar-refractivity contribution in [1.82, 2.24) is 0 Å². The Kier molecular flexibility index (Phi) is 4.98. The van der Waals surface area contributed by atoms with Crippen molar-refractivity contribution in [2.24, 2.45) is 0 Å². The Morgan fingerprint density at radius 3 is 2.42 bits per heavy atom. The maximum atomic E-state index is 9.28. The summed E-state index contributed by atoms with van der Waals surface area (Å²) in [7, 11) is 0. The van der Waals surface area contributed by atoms with Gasteiger partial charge < -0.3 is 9.84 Å². The highest BCUT2D eigenvalue weighted by atomic mass is 79.9. The van der Waals surface area contributed by atoms with Gasteiger partial charge in [-0.15, -0.1) is 0 Å². The van der Waals surface area contributed by atoms with Crippen LogP contribution in [0.5, 0.6) is 11.5 Å².